The zero-order valence-electron chi connectivity index (χ0n) is 17.7. The summed E-state index contributed by atoms with van der Waals surface area (Å²) in [5, 5.41) is 7.78. The molecule has 3 aromatic heterocycles. The van der Waals surface area contributed by atoms with Crippen molar-refractivity contribution in [1.29, 1.82) is 0 Å². The number of amides is 1. The maximum Gasteiger partial charge on any atom is 0.257 e. The molecule has 0 spiro atoms. The Balaban J connectivity index is 1.64. The number of aryl methyl sites for hydroxylation is 1. The highest BCUT2D eigenvalue weighted by Gasteiger charge is 2.29. The first kappa shape index (κ1) is 21.9. The standard InChI is InChI=1S/C25H20ClN3O2S2/c1-15-9-21(30)24(25(31)28-13-16-3-2-7-27-12-16)20-11-22(17-6-8-32-14-17)33-23-10-18(26)4-5-19(23)29(15)20/h2-10,12,14,22H,11,13H2,1H3,(H,28,31). The molecule has 166 valence electrons. The van der Waals surface area contributed by atoms with Gasteiger partial charge in [-0.2, -0.15) is 11.3 Å². The third-order valence-electron chi connectivity index (χ3n) is 5.63. The number of pyridine rings is 2. The number of benzene rings is 1. The van der Waals surface area contributed by atoms with E-state index in [0.717, 1.165) is 21.8 Å². The van der Waals surface area contributed by atoms with Gasteiger partial charge in [-0.25, -0.2) is 0 Å². The van der Waals surface area contributed by atoms with Gasteiger partial charge in [-0.1, -0.05) is 17.7 Å². The van der Waals surface area contributed by atoms with Gasteiger partial charge in [-0.3, -0.25) is 14.6 Å². The van der Waals surface area contributed by atoms with Crippen molar-refractivity contribution < 1.29 is 4.79 Å². The molecule has 5 nitrogen and oxygen atoms in total. The predicted octanol–water partition coefficient (Wildman–Crippen LogP) is 5.58. The van der Waals surface area contributed by atoms with Crippen LogP contribution < -0.4 is 10.7 Å². The molecule has 4 heterocycles. The fraction of sp³-hybridized carbons (Fsp3) is 0.160. The van der Waals surface area contributed by atoms with Crippen LogP contribution in [0.25, 0.3) is 5.69 Å². The first-order chi connectivity index (χ1) is 16.0. The van der Waals surface area contributed by atoms with E-state index < -0.39 is 0 Å². The van der Waals surface area contributed by atoms with Crippen LogP contribution in [0.3, 0.4) is 0 Å². The van der Waals surface area contributed by atoms with Crippen molar-refractivity contribution in [3.05, 3.63) is 109 Å². The van der Waals surface area contributed by atoms with E-state index >= 15 is 0 Å². The molecular weight excluding hydrogens is 474 g/mol. The third kappa shape index (κ3) is 4.36. The van der Waals surface area contributed by atoms with Gasteiger partial charge in [0.15, 0.2) is 5.43 Å². The van der Waals surface area contributed by atoms with Gasteiger partial charge in [0, 0.05) is 58.0 Å². The molecule has 4 aromatic rings. The number of hydrogen-bond acceptors (Lipinski definition) is 5. The minimum atomic E-state index is -0.376. The molecule has 0 radical (unpaired) electrons. The van der Waals surface area contributed by atoms with Crippen molar-refractivity contribution in [3.8, 4) is 5.69 Å². The summed E-state index contributed by atoms with van der Waals surface area (Å²) < 4.78 is 2.03. The second kappa shape index (κ2) is 9.17. The van der Waals surface area contributed by atoms with Crippen LogP contribution in [0.2, 0.25) is 5.02 Å². The Kier molecular flexibility index (Phi) is 6.10. The number of hydrogen-bond donors (Lipinski definition) is 1. The van der Waals surface area contributed by atoms with E-state index in [1.165, 1.54) is 11.6 Å². The summed E-state index contributed by atoms with van der Waals surface area (Å²) in [6.07, 6.45) is 3.93. The summed E-state index contributed by atoms with van der Waals surface area (Å²) in [4.78, 5) is 31.6. The normalized spacial score (nSPS) is 14.8. The minimum absolute atomic E-state index is 0.0493. The van der Waals surface area contributed by atoms with Gasteiger partial charge in [0.25, 0.3) is 5.91 Å². The van der Waals surface area contributed by atoms with Gasteiger partial charge in [-0.05, 0) is 59.1 Å². The summed E-state index contributed by atoms with van der Waals surface area (Å²) >= 11 is 9.68. The van der Waals surface area contributed by atoms with Crippen molar-refractivity contribution in [2.75, 3.05) is 0 Å². The predicted molar refractivity (Wildman–Crippen MR) is 134 cm³/mol. The van der Waals surface area contributed by atoms with Crippen LogP contribution >= 0.6 is 34.7 Å². The lowest BCUT2D eigenvalue weighted by Gasteiger charge is -2.20. The van der Waals surface area contributed by atoms with Gasteiger partial charge in [-0.15, -0.1) is 11.8 Å². The molecule has 0 aliphatic carbocycles. The Hall–Kier alpha value is -2.87. The van der Waals surface area contributed by atoms with E-state index in [1.54, 1.807) is 35.5 Å². The lowest BCUT2D eigenvalue weighted by molar-refractivity contribution is 0.0948. The van der Waals surface area contributed by atoms with Crippen LogP contribution in [0.15, 0.2) is 75.3 Å². The number of carbonyl (C=O) groups excluding carboxylic acids is 1. The fourth-order valence-corrected chi connectivity index (χ4v) is 6.46. The molecule has 1 aliphatic heterocycles. The zero-order chi connectivity index (χ0) is 22.9. The van der Waals surface area contributed by atoms with E-state index in [9.17, 15) is 9.59 Å². The number of nitrogens with one attached hydrogen (secondary N) is 1. The van der Waals surface area contributed by atoms with E-state index in [1.807, 2.05) is 47.2 Å². The summed E-state index contributed by atoms with van der Waals surface area (Å²) in [7, 11) is 0. The SMILES string of the molecule is Cc1cc(=O)c(C(=O)NCc2cccnc2)c2n1-c1ccc(Cl)cc1SC(c1ccsc1)C2. The monoisotopic (exact) mass is 493 g/mol. The number of rotatable bonds is 4. The summed E-state index contributed by atoms with van der Waals surface area (Å²) in [5.74, 6) is -0.376. The molecule has 0 saturated carbocycles. The topological polar surface area (TPSA) is 64.0 Å². The van der Waals surface area contributed by atoms with Crippen LogP contribution in [-0.2, 0) is 13.0 Å². The van der Waals surface area contributed by atoms with Gasteiger partial charge >= 0.3 is 0 Å². The molecule has 1 N–H and O–H groups in total. The first-order valence-corrected chi connectivity index (χ1v) is 12.6. The molecule has 33 heavy (non-hydrogen) atoms. The van der Waals surface area contributed by atoms with Crippen LogP contribution in [0.4, 0.5) is 0 Å². The number of thioether (sulfide) groups is 1. The average Bonchev–Trinajstić information content (AvgIpc) is 3.28. The average molecular weight is 494 g/mol. The molecule has 5 rings (SSSR count). The second-order valence-electron chi connectivity index (χ2n) is 7.83. The summed E-state index contributed by atoms with van der Waals surface area (Å²) in [6.45, 7) is 2.20. The molecule has 0 saturated heterocycles. The van der Waals surface area contributed by atoms with Crippen molar-refractivity contribution in [2.45, 2.75) is 30.0 Å². The highest BCUT2D eigenvalue weighted by molar-refractivity contribution is 7.99. The molecule has 8 heteroatoms. The van der Waals surface area contributed by atoms with Crippen LogP contribution in [-0.4, -0.2) is 15.5 Å². The Morgan fingerprint density at radius 1 is 1.27 bits per heavy atom. The molecule has 1 aliphatic rings. The fourth-order valence-electron chi connectivity index (χ4n) is 4.12. The largest absolute Gasteiger partial charge is 0.348 e. The minimum Gasteiger partial charge on any atom is -0.348 e. The maximum absolute atomic E-state index is 13.3. The number of nitrogens with zero attached hydrogens (tertiary/aromatic N) is 2. The molecule has 0 fully saturated rings. The lowest BCUT2D eigenvalue weighted by Crippen LogP contribution is -2.32. The smallest absolute Gasteiger partial charge is 0.257 e. The van der Waals surface area contributed by atoms with Crippen LogP contribution in [0.5, 0.6) is 0 Å². The Labute approximate surface area is 204 Å². The lowest BCUT2D eigenvalue weighted by atomic mass is 10.0. The number of aromatic nitrogens is 2. The van der Waals surface area contributed by atoms with Gasteiger partial charge < -0.3 is 9.88 Å². The molecule has 1 atom stereocenters. The number of carbonyl (C=O) groups is 1. The highest BCUT2D eigenvalue weighted by atomic mass is 35.5. The van der Waals surface area contributed by atoms with Crippen molar-refractivity contribution in [2.24, 2.45) is 0 Å². The molecule has 1 aromatic carbocycles. The van der Waals surface area contributed by atoms with Gasteiger partial charge in [0.05, 0.1) is 5.69 Å². The Morgan fingerprint density at radius 3 is 2.91 bits per heavy atom. The van der Waals surface area contributed by atoms with Gasteiger partial charge in [0.2, 0.25) is 0 Å². The van der Waals surface area contributed by atoms with Gasteiger partial charge in [0.1, 0.15) is 5.56 Å². The quantitative estimate of drug-likeness (QED) is 0.403. The molecule has 1 unspecified atom stereocenters. The van der Waals surface area contributed by atoms with E-state index in [-0.39, 0.29) is 22.1 Å². The van der Waals surface area contributed by atoms with Crippen LogP contribution in [0.1, 0.15) is 38.1 Å². The number of halogens is 1. The van der Waals surface area contributed by atoms with Crippen molar-refractivity contribution in [3.63, 3.8) is 0 Å². The van der Waals surface area contributed by atoms with E-state index in [4.69, 9.17) is 11.6 Å². The second-order valence-corrected chi connectivity index (χ2v) is 10.3. The summed E-state index contributed by atoms with van der Waals surface area (Å²) in [5.41, 5.74) is 4.39. The van der Waals surface area contributed by atoms with Crippen LogP contribution in [0, 0.1) is 6.92 Å². The highest BCUT2D eigenvalue weighted by Crippen LogP contribution is 2.45. The first-order valence-electron chi connectivity index (χ1n) is 10.4. The molecule has 0 bridgehead atoms. The van der Waals surface area contributed by atoms with Crippen molar-refractivity contribution in [1.82, 2.24) is 14.9 Å². The molecular formula is C25H20ClN3O2S2. The van der Waals surface area contributed by atoms with E-state index in [0.29, 0.717) is 23.7 Å². The zero-order valence-corrected chi connectivity index (χ0v) is 20.1. The van der Waals surface area contributed by atoms with Crippen molar-refractivity contribution >= 4 is 40.6 Å². The van der Waals surface area contributed by atoms with E-state index in [2.05, 4.69) is 21.7 Å². The third-order valence-corrected chi connectivity index (χ3v) is 7.87. The number of thiophene rings is 1. The Bertz CT molecular complexity index is 1390. The maximum atomic E-state index is 13.3. The number of fused-ring (bicyclic) bond motifs is 3. The molecule has 1 amide bonds. The summed E-state index contributed by atoms with van der Waals surface area (Å²) in [6, 6.07) is 13.1. The Morgan fingerprint density at radius 2 is 2.15 bits per heavy atom.